The third-order valence-electron chi connectivity index (χ3n) is 6.21. The van der Waals surface area contributed by atoms with Crippen molar-refractivity contribution in [2.75, 3.05) is 27.9 Å². The van der Waals surface area contributed by atoms with Gasteiger partial charge in [-0.1, -0.05) is 44.2 Å². The number of hydrogen-bond donors (Lipinski definition) is 0. The van der Waals surface area contributed by atoms with Gasteiger partial charge < -0.3 is 18.9 Å². The summed E-state index contributed by atoms with van der Waals surface area (Å²) in [7, 11) is 4.71. The molecule has 1 aromatic carbocycles. The third kappa shape index (κ3) is 6.45. The Kier molecular flexibility index (Phi) is 9.51. The van der Waals surface area contributed by atoms with Crippen molar-refractivity contribution in [2.45, 2.75) is 58.0 Å². The first kappa shape index (κ1) is 25.7. The molecule has 0 bridgehead atoms. The average Bonchev–Trinajstić information content (AvgIpc) is 2.79. The van der Waals surface area contributed by atoms with E-state index in [1.165, 1.54) is 18.2 Å². The van der Waals surface area contributed by atoms with E-state index in [0.717, 1.165) is 17.7 Å². The number of benzene rings is 1. The van der Waals surface area contributed by atoms with Crippen LogP contribution in [0.3, 0.4) is 0 Å². The smallest absolute Gasteiger partial charge is 0.306 e. The molecular weight excluding hydrogens is 408 g/mol. The molecule has 0 aromatic heterocycles. The van der Waals surface area contributed by atoms with Gasteiger partial charge in [-0.3, -0.25) is 9.59 Å². The summed E-state index contributed by atoms with van der Waals surface area (Å²) in [4.78, 5) is 23.1. The molecular formula is C26H36O6. The number of methoxy groups -OCH3 is 3. The summed E-state index contributed by atoms with van der Waals surface area (Å²) in [5.41, 5.74) is 3.22. The maximum absolute atomic E-state index is 11.9. The monoisotopic (exact) mass is 444 g/mol. The first-order valence-corrected chi connectivity index (χ1v) is 11.1. The molecule has 0 spiro atoms. The number of hydrogen-bond acceptors (Lipinski definition) is 6. The minimum atomic E-state index is -0.413. The molecule has 0 saturated carbocycles. The molecule has 0 radical (unpaired) electrons. The van der Waals surface area contributed by atoms with Gasteiger partial charge in [-0.05, 0) is 42.5 Å². The Morgan fingerprint density at radius 3 is 2.41 bits per heavy atom. The van der Waals surface area contributed by atoms with E-state index in [4.69, 9.17) is 14.2 Å². The SMILES string of the molecule is COC(=O)CCC(=O)OCCCC(C)(C1=CC(C)C(OC)C=C1)c1ccc(OC)c(C)c1. The lowest BCUT2D eigenvalue weighted by molar-refractivity contribution is -0.149. The highest BCUT2D eigenvalue weighted by atomic mass is 16.5. The predicted octanol–water partition coefficient (Wildman–Crippen LogP) is 4.69. The standard InChI is InChI=1S/C26H36O6/c1-18-16-20(8-10-22(18)29-4)26(3,21-9-11-23(30-5)19(2)17-21)14-7-15-32-25(28)13-12-24(27)31-6/h8-11,16-18,22H,7,12-15H2,1-6H3. The van der Waals surface area contributed by atoms with E-state index in [1.54, 1.807) is 14.2 Å². The second-order valence-corrected chi connectivity index (χ2v) is 8.46. The number of carbonyl (C=O) groups is 2. The lowest BCUT2D eigenvalue weighted by Gasteiger charge is -2.36. The highest BCUT2D eigenvalue weighted by Gasteiger charge is 2.32. The Morgan fingerprint density at radius 2 is 1.81 bits per heavy atom. The number of allylic oxidation sites excluding steroid dienone is 2. The molecule has 0 fully saturated rings. The van der Waals surface area contributed by atoms with E-state index in [1.807, 2.05) is 13.0 Å². The van der Waals surface area contributed by atoms with Crippen molar-refractivity contribution in [2.24, 2.45) is 5.92 Å². The highest BCUT2D eigenvalue weighted by Crippen LogP contribution is 2.41. The molecule has 2 rings (SSSR count). The van der Waals surface area contributed by atoms with Crippen LogP contribution in [0.25, 0.3) is 0 Å². The summed E-state index contributed by atoms with van der Waals surface area (Å²) in [5, 5.41) is 0. The van der Waals surface area contributed by atoms with Crippen LogP contribution in [0, 0.1) is 12.8 Å². The van der Waals surface area contributed by atoms with Gasteiger partial charge in [-0.25, -0.2) is 0 Å². The average molecular weight is 445 g/mol. The number of esters is 2. The van der Waals surface area contributed by atoms with Crippen molar-refractivity contribution in [1.82, 2.24) is 0 Å². The molecule has 1 aromatic rings. The first-order valence-electron chi connectivity index (χ1n) is 11.1. The molecule has 3 unspecified atom stereocenters. The molecule has 1 aliphatic rings. The van der Waals surface area contributed by atoms with Gasteiger partial charge in [0.05, 0.1) is 39.8 Å². The first-order chi connectivity index (χ1) is 15.2. The predicted molar refractivity (Wildman–Crippen MR) is 124 cm³/mol. The molecule has 32 heavy (non-hydrogen) atoms. The van der Waals surface area contributed by atoms with E-state index in [2.05, 4.69) is 48.9 Å². The second kappa shape index (κ2) is 11.9. The van der Waals surface area contributed by atoms with Crippen LogP contribution in [0.4, 0.5) is 0 Å². The van der Waals surface area contributed by atoms with E-state index < -0.39 is 5.97 Å². The second-order valence-electron chi connectivity index (χ2n) is 8.46. The lowest BCUT2D eigenvalue weighted by atomic mass is 9.70. The zero-order valence-corrected chi connectivity index (χ0v) is 20.1. The molecule has 1 aliphatic carbocycles. The minimum Gasteiger partial charge on any atom is -0.496 e. The Labute approximate surface area is 191 Å². The van der Waals surface area contributed by atoms with Gasteiger partial charge in [-0.15, -0.1) is 0 Å². The van der Waals surface area contributed by atoms with Gasteiger partial charge in [0.2, 0.25) is 0 Å². The Balaban J connectivity index is 2.15. The third-order valence-corrected chi connectivity index (χ3v) is 6.21. The summed E-state index contributed by atoms with van der Waals surface area (Å²) in [6.45, 7) is 6.72. The molecule has 0 N–H and O–H groups in total. The normalized spacial score (nSPS) is 19.6. The van der Waals surface area contributed by atoms with Gasteiger partial charge in [0.15, 0.2) is 0 Å². The zero-order valence-electron chi connectivity index (χ0n) is 20.1. The van der Waals surface area contributed by atoms with Crippen LogP contribution in [0.5, 0.6) is 5.75 Å². The molecule has 0 amide bonds. The maximum atomic E-state index is 11.9. The van der Waals surface area contributed by atoms with E-state index in [0.29, 0.717) is 13.0 Å². The van der Waals surface area contributed by atoms with Crippen molar-refractivity contribution in [3.05, 3.63) is 53.1 Å². The summed E-state index contributed by atoms with van der Waals surface area (Å²) in [6, 6.07) is 6.28. The molecule has 6 heteroatoms. The highest BCUT2D eigenvalue weighted by molar-refractivity contribution is 5.77. The van der Waals surface area contributed by atoms with Crippen LogP contribution >= 0.6 is 0 Å². The Bertz CT molecular complexity index is 856. The van der Waals surface area contributed by atoms with Crippen LogP contribution in [-0.4, -0.2) is 46.0 Å². The fourth-order valence-electron chi connectivity index (χ4n) is 4.14. The fraction of sp³-hybridized carbons (Fsp3) is 0.538. The van der Waals surface area contributed by atoms with E-state index >= 15 is 0 Å². The van der Waals surface area contributed by atoms with Crippen molar-refractivity contribution in [3.8, 4) is 5.75 Å². The quantitative estimate of drug-likeness (QED) is 0.364. The van der Waals surface area contributed by atoms with Gasteiger partial charge >= 0.3 is 11.9 Å². The Hall–Kier alpha value is -2.60. The summed E-state index contributed by atoms with van der Waals surface area (Å²) in [6.07, 6.45) is 8.16. The molecule has 176 valence electrons. The van der Waals surface area contributed by atoms with Crippen LogP contribution in [0.2, 0.25) is 0 Å². The minimum absolute atomic E-state index is 0.0332. The number of carbonyl (C=O) groups excluding carboxylic acids is 2. The number of rotatable bonds is 11. The number of ether oxygens (including phenoxy) is 4. The van der Waals surface area contributed by atoms with Crippen LogP contribution < -0.4 is 4.74 Å². The van der Waals surface area contributed by atoms with Gasteiger partial charge in [-0.2, -0.15) is 0 Å². The number of aryl methyl sites for hydroxylation is 1. The van der Waals surface area contributed by atoms with Crippen molar-refractivity contribution >= 4 is 11.9 Å². The largest absolute Gasteiger partial charge is 0.496 e. The summed E-state index contributed by atoms with van der Waals surface area (Å²) >= 11 is 0. The van der Waals surface area contributed by atoms with Crippen LogP contribution in [0.15, 0.2) is 42.0 Å². The van der Waals surface area contributed by atoms with E-state index in [9.17, 15) is 9.59 Å². The molecule has 3 atom stereocenters. The molecule has 6 nitrogen and oxygen atoms in total. The summed E-state index contributed by atoms with van der Waals surface area (Å²) < 4.78 is 20.9. The topological polar surface area (TPSA) is 71.1 Å². The summed E-state index contributed by atoms with van der Waals surface area (Å²) in [5.74, 6) is 0.320. The van der Waals surface area contributed by atoms with Gasteiger partial charge in [0.1, 0.15) is 5.75 Å². The molecule has 0 saturated heterocycles. The molecule has 0 heterocycles. The Morgan fingerprint density at radius 1 is 1.09 bits per heavy atom. The maximum Gasteiger partial charge on any atom is 0.306 e. The van der Waals surface area contributed by atoms with Crippen molar-refractivity contribution < 1.29 is 28.5 Å². The van der Waals surface area contributed by atoms with Crippen molar-refractivity contribution in [1.29, 1.82) is 0 Å². The molecule has 0 aliphatic heterocycles. The van der Waals surface area contributed by atoms with Gasteiger partial charge in [0.25, 0.3) is 0 Å². The fourth-order valence-corrected chi connectivity index (χ4v) is 4.14. The van der Waals surface area contributed by atoms with Crippen LogP contribution in [-0.2, 0) is 29.2 Å². The van der Waals surface area contributed by atoms with Crippen molar-refractivity contribution in [3.63, 3.8) is 0 Å². The van der Waals surface area contributed by atoms with Crippen LogP contribution in [0.1, 0.15) is 50.7 Å². The van der Waals surface area contributed by atoms with Gasteiger partial charge in [0, 0.05) is 18.4 Å². The van der Waals surface area contributed by atoms with E-state index in [-0.39, 0.29) is 36.2 Å². The zero-order chi connectivity index (χ0) is 23.7. The lowest BCUT2D eigenvalue weighted by Crippen LogP contribution is -2.29.